The fourth-order valence-electron chi connectivity index (χ4n) is 17.6. The first kappa shape index (κ1) is 73.7. The Balaban J connectivity index is 0.745. The molecule has 7 aliphatic heterocycles. The van der Waals surface area contributed by atoms with Crippen LogP contribution in [0.1, 0.15) is 92.4 Å². The van der Waals surface area contributed by atoms with Gasteiger partial charge in [0.15, 0.2) is 43.5 Å². The molecule has 0 aromatic heterocycles. The summed E-state index contributed by atoms with van der Waals surface area (Å²) in [6.07, 6.45) is -41.4. The molecule has 542 valence electrons. The lowest BCUT2D eigenvalue weighted by Gasteiger charge is -2.58. The minimum absolute atomic E-state index is 0.0927. The Morgan fingerprint density at radius 1 is 0.543 bits per heavy atom. The molecular weight excluding hydrogens is 1260 g/mol. The summed E-state index contributed by atoms with van der Waals surface area (Å²) in [6, 6.07) is 0. The third-order valence-corrected chi connectivity index (χ3v) is 23.3. The van der Waals surface area contributed by atoms with Gasteiger partial charge in [-0.1, -0.05) is 39.3 Å². The number of ether oxygens (including phenoxy) is 13. The molecule has 7 saturated heterocycles. The van der Waals surface area contributed by atoms with E-state index in [0.717, 1.165) is 25.7 Å². The number of fused-ring (bicyclic) bond motifs is 7. The van der Waals surface area contributed by atoms with E-state index in [0.29, 0.717) is 49.9 Å². The quantitative estimate of drug-likeness (QED) is 0.0504. The minimum Gasteiger partial charge on any atom is -0.394 e. The highest BCUT2D eigenvalue weighted by Crippen LogP contribution is 2.70. The van der Waals surface area contributed by atoms with Gasteiger partial charge in [0, 0.05) is 12.3 Å². The second kappa shape index (κ2) is 29.4. The zero-order chi connectivity index (χ0) is 67.9. The SMILES string of the molecule is C[C@H](CC[C@@]1(O)O[C@H]2C[C@H]3[C@@H]4CC=C5C[C@@H](O[C@@H]6O[C@H](CO)[C@@H](O[C@@H]7O[C@H](CO)[C@@H](O)[C@H](O[C@@H]8O[C@H](CO[C@@H]9OC[C@@H](O)[C@H](O)[C@H]9O)[C@@H](O)[C@H](O)[C@H]8O)[C@H]7O)[C@H](O)[C@H]6O[C@@H]6O[C@@H](C)[C@H](O)[C@@H](O)[C@H]6O)CC[C@]5(C)[C@H]4CC[C@]3(C)[C@H]2[C@@H]1C)CO[C@@H]1O[C@H](CO)[C@@H](O)[C@H](O)[C@H]1O. The molecule has 11 aliphatic rings. The van der Waals surface area contributed by atoms with Crippen molar-refractivity contribution in [3.05, 3.63) is 11.6 Å². The molecule has 0 bridgehead atoms. The Labute approximate surface area is 543 Å². The van der Waals surface area contributed by atoms with Gasteiger partial charge in [-0.2, -0.15) is 0 Å². The molecule has 0 radical (unpaired) electrons. The second-order valence-corrected chi connectivity index (χ2v) is 29.0. The van der Waals surface area contributed by atoms with Gasteiger partial charge in [-0.3, -0.25) is 0 Å². The van der Waals surface area contributed by atoms with E-state index < -0.39 is 223 Å². The molecular formula is C62H102O32. The zero-order valence-corrected chi connectivity index (χ0v) is 53.4. The van der Waals surface area contributed by atoms with Crippen LogP contribution < -0.4 is 0 Å². The third-order valence-electron chi connectivity index (χ3n) is 23.3. The van der Waals surface area contributed by atoms with Crippen molar-refractivity contribution >= 4 is 0 Å². The molecule has 19 N–H and O–H groups in total. The van der Waals surface area contributed by atoms with Gasteiger partial charge in [-0.05, 0) is 98.7 Å². The van der Waals surface area contributed by atoms with E-state index in [1.54, 1.807) is 0 Å². The maximum Gasteiger partial charge on any atom is 0.187 e. The fourth-order valence-corrected chi connectivity index (χ4v) is 17.6. The summed E-state index contributed by atoms with van der Waals surface area (Å²) in [7, 11) is 0. The van der Waals surface area contributed by atoms with Crippen LogP contribution >= 0.6 is 0 Å². The number of hydrogen-bond donors (Lipinski definition) is 19. The molecule has 11 rings (SSSR count). The average Bonchev–Trinajstić information content (AvgIpc) is 1.52. The normalized spacial score (nSPS) is 54.9. The average molecular weight is 1360 g/mol. The first-order valence-corrected chi connectivity index (χ1v) is 33.4. The van der Waals surface area contributed by atoms with Crippen LogP contribution in [0.15, 0.2) is 11.6 Å². The van der Waals surface area contributed by atoms with E-state index in [1.165, 1.54) is 12.5 Å². The van der Waals surface area contributed by atoms with Crippen molar-refractivity contribution in [2.45, 2.75) is 289 Å². The summed E-state index contributed by atoms with van der Waals surface area (Å²) < 4.78 is 77.6. The molecule has 10 fully saturated rings. The smallest absolute Gasteiger partial charge is 0.187 e. The van der Waals surface area contributed by atoms with E-state index in [1.807, 2.05) is 6.92 Å². The number of hydrogen-bond acceptors (Lipinski definition) is 32. The topological polar surface area (TPSA) is 504 Å². The lowest BCUT2D eigenvalue weighted by atomic mass is 9.47. The van der Waals surface area contributed by atoms with Crippen LogP contribution in [0, 0.1) is 46.3 Å². The predicted octanol–water partition coefficient (Wildman–Crippen LogP) is -6.72. The third kappa shape index (κ3) is 13.7. The van der Waals surface area contributed by atoms with Crippen LogP contribution in [-0.2, 0) is 61.6 Å². The minimum atomic E-state index is -2.12. The Kier molecular flexibility index (Phi) is 23.1. The van der Waals surface area contributed by atoms with Crippen molar-refractivity contribution < 1.29 is 159 Å². The monoisotopic (exact) mass is 1360 g/mol. The predicted molar refractivity (Wildman–Crippen MR) is 309 cm³/mol. The molecule has 32 nitrogen and oxygen atoms in total. The second-order valence-electron chi connectivity index (χ2n) is 29.0. The molecule has 7 heterocycles. The zero-order valence-electron chi connectivity index (χ0n) is 53.4. The summed E-state index contributed by atoms with van der Waals surface area (Å²) in [5.41, 5.74) is 0.813. The van der Waals surface area contributed by atoms with E-state index in [4.69, 9.17) is 61.6 Å². The summed E-state index contributed by atoms with van der Waals surface area (Å²) in [5, 5.41) is 206. The summed E-state index contributed by atoms with van der Waals surface area (Å²) in [6.45, 7) is 6.72. The van der Waals surface area contributed by atoms with Gasteiger partial charge < -0.3 is 159 Å². The van der Waals surface area contributed by atoms with Crippen molar-refractivity contribution in [2.24, 2.45) is 46.3 Å². The van der Waals surface area contributed by atoms with Crippen molar-refractivity contribution in [1.29, 1.82) is 0 Å². The van der Waals surface area contributed by atoms with Gasteiger partial charge in [-0.15, -0.1) is 0 Å². The number of rotatable bonds is 20. The molecule has 94 heavy (non-hydrogen) atoms. The molecule has 0 unspecified atom stereocenters. The maximum absolute atomic E-state index is 12.5. The molecule has 0 aromatic rings. The van der Waals surface area contributed by atoms with Gasteiger partial charge in [-0.25, -0.2) is 0 Å². The molecule has 3 saturated carbocycles. The summed E-state index contributed by atoms with van der Waals surface area (Å²) >= 11 is 0. The molecule has 0 amide bonds. The highest BCUT2D eigenvalue weighted by molar-refractivity contribution is 5.26. The van der Waals surface area contributed by atoms with Crippen LogP contribution in [0.2, 0.25) is 0 Å². The van der Waals surface area contributed by atoms with Gasteiger partial charge in [0.2, 0.25) is 0 Å². The Hall–Kier alpha value is -1.54. The molecule has 40 atom stereocenters. The number of aliphatic hydroxyl groups excluding tert-OH is 18. The fraction of sp³-hybridized carbons (Fsp3) is 0.968. The molecule has 0 aromatic carbocycles. The van der Waals surface area contributed by atoms with E-state index in [2.05, 4.69) is 26.8 Å². The highest BCUT2D eigenvalue weighted by atomic mass is 16.8. The van der Waals surface area contributed by atoms with Crippen LogP contribution in [0.25, 0.3) is 0 Å². The lowest BCUT2D eigenvalue weighted by Crippen LogP contribution is -2.68. The van der Waals surface area contributed by atoms with Gasteiger partial charge >= 0.3 is 0 Å². The Morgan fingerprint density at radius 2 is 1.12 bits per heavy atom. The lowest BCUT2D eigenvalue weighted by molar-refractivity contribution is -0.397. The Bertz CT molecular complexity index is 2510. The van der Waals surface area contributed by atoms with Crippen LogP contribution in [0.3, 0.4) is 0 Å². The first-order valence-electron chi connectivity index (χ1n) is 33.4. The molecule has 4 aliphatic carbocycles. The number of allylic oxidation sites excluding steroid dienone is 1. The van der Waals surface area contributed by atoms with E-state index >= 15 is 0 Å². The van der Waals surface area contributed by atoms with Gasteiger partial charge in [0.25, 0.3) is 0 Å². The molecule has 32 heteroatoms. The van der Waals surface area contributed by atoms with E-state index in [-0.39, 0.29) is 41.3 Å². The maximum atomic E-state index is 12.5. The largest absolute Gasteiger partial charge is 0.394 e. The van der Waals surface area contributed by atoms with Gasteiger partial charge in [0.1, 0.15) is 134 Å². The van der Waals surface area contributed by atoms with Crippen molar-refractivity contribution in [1.82, 2.24) is 0 Å². The number of aliphatic hydroxyl groups is 19. The summed E-state index contributed by atoms with van der Waals surface area (Å²) in [4.78, 5) is 0. The van der Waals surface area contributed by atoms with Crippen LogP contribution in [0.4, 0.5) is 0 Å². The van der Waals surface area contributed by atoms with Crippen LogP contribution in [-0.4, -0.2) is 333 Å². The van der Waals surface area contributed by atoms with Crippen LogP contribution in [0.5, 0.6) is 0 Å². The Morgan fingerprint density at radius 3 is 1.81 bits per heavy atom. The standard InChI is InChI=1S/C62H102O32/c1-22(19-82-55-46(76)43(73)39(69)32(16-63)87-55)8-13-62(81)23(2)36-31(94-62)15-29-27-7-6-25-14-26(9-11-60(25,4)28(27)10-12-61(29,36)5)86-59-53(93-56-47(77)42(72)37(67)24(3)85-56)49(79)51(34(18-65)89-59)91-58-50(80)52(41(71)33(17-64)88-58)92-57-48(78)44(74)40(70)35(90-57)21-84-54-45(75)38(68)30(66)20-83-54/h6,22-24,26-59,63-81H,7-21H2,1-5H3/t22-,23+,24+,26+,27-,28+,29+,30-,31+,32-,33-,34-,35-,36+,37+,38+,39-,40-,41-,42-,43+,44+,45-,46-,47-,48-,49+,50-,51-,52+,53-,54+,55-,56+,57+,58+,59-,60+,61+,62-/m1/s1. The first-order chi connectivity index (χ1) is 44.5. The summed E-state index contributed by atoms with van der Waals surface area (Å²) in [5.74, 6) is -0.680. The van der Waals surface area contributed by atoms with E-state index in [9.17, 15) is 97.0 Å². The molecule has 0 spiro atoms. The van der Waals surface area contributed by atoms with Crippen molar-refractivity contribution in [3.8, 4) is 0 Å². The van der Waals surface area contributed by atoms with Crippen molar-refractivity contribution in [3.63, 3.8) is 0 Å². The van der Waals surface area contributed by atoms with Crippen molar-refractivity contribution in [2.75, 3.05) is 39.6 Å². The highest BCUT2D eigenvalue weighted by Gasteiger charge is 2.68. The van der Waals surface area contributed by atoms with Gasteiger partial charge in [0.05, 0.1) is 58.0 Å².